The van der Waals surface area contributed by atoms with Crippen LogP contribution in [0, 0.1) is 0 Å². The van der Waals surface area contributed by atoms with E-state index in [4.69, 9.17) is 13.8 Å². The second-order valence-corrected chi connectivity index (χ2v) is 18.6. The lowest BCUT2D eigenvalue weighted by molar-refractivity contribution is -0.147. The van der Waals surface area contributed by atoms with Crippen LogP contribution in [0.15, 0.2) is 24.3 Å². The van der Waals surface area contributed by atoms with E-state index in [1.807, 2.05) is 0 Å². The number of allylic oxidation sites excluding steroid dienone is 4. The predicted octanol–water partition coefficient (Wildman–Crippen LogP) is 14.7. The molecule has 0 radical (unpaired) electrons. The summed E-state index contributed by atoms with van der Waals surface area (Å²) in [5, 5.41) is 12.7. The average molecular weight is 870 g/mol. The zero-order valence-electron chi connectivity index (χ0n) is 39.2. The van der Waals surface area contributed by atoms with Crippen LogP contribution in [0.2, 0.25) is 0 Å². The molecule has 1 amide bonds. The zero-order chi connectivity index (χ0) is 43.9. The van der Waals surface area contributed by atoms with Crippen LogP contribution >= 0.6 is 7.82 Å². The second kappa shape index (κ2) is 47.0. The molecule has 0 aliphatic rings. The summed E-state index contributed by atoms with van der Waals surface area (Å²) in [6.45, 7) is 3.55. The number of ether oxygens (including phenoxy) is 1. The molecule has 0 aliphatic carbocycles. The van der Waals surface area contributed by atoms with Crippen LogP contribution in [0.5, 0.6) is 0 Å². The molecule has 0 saturated carbocycles. The van der Waals surface area contributed by atoms with E-state index in [2.05, 4.69) is 43.5 Å². The lowest BCUT2D eigenvalue weighted by Gasteiger charge is -2.15. The largest absolute Gasteiger partial charge is 0.472 e. The quantitative estimate of drug-likeness (QED) is 0.0238. The smallest absolute Gasteiger partial charge is 0.463 e. The van der Waals surface area contributed by atoms with Gasteiger partial charge in [-0.1, -0.05) is 218 Å². The Balaban J connectivity index is 3.52. The molecular formula is C50H96NO8P. The third-order valence-electron chi connectivity index (χ3n) is 11.1. The lowest BCUT2D eigenvalue weighted by Crippen LogP contribution is -2.27. The van der Waals surface area contributed by atoms with Gasteiger partial charge in [-0.2, -0.15) is 0 Å². The summed E-state index contributed by atoms with van der Waals surface area (Å²) < 4.78 is 27.0. The summed E-state index contributed by atoms with van der Waals surface area (Å²) in [6.07, 6.45) is 52.7. The minimum atomic E-state index is -4.42. The molecule has 0 aliphatic heterocycles. The van der Waals surface area contributed by atoms with Crippen molar-refractivity contribution in [2.45, 2.75) is 258 Å². The van der Waals surface area contributed by atoms with Crippen molar-refractivity contribution in [3.05, 3.63) is 24.3 Å². The van der Waals surface area contributed by atoms with Gasteiger partial charge in [0.05, 0.1) is 13.2 Å². The van der Waals surface area contributed by atoms with E-state index in [1.165, 1.54) is 161 Å². The number of esters is 1. The molecule has 0 aromatic heterocycles. The molecule has 9 nitrogen and oxygen atoms in total. The lowest BCUT2D eigenvalue weighted by atomic mass is 10.0. The van der Waals surface area contributed by atoms with E-state index in [9.17, 15) is 24.2 Å². The van der Waals surface area contributed by atoms with Gasteiger partial charge >= 0.3 is 13.8 Å². The van der Waals surface area contributed by atoms with Crippen LogP contribution in [0.25, 0.3) is 0 Å². The molecule has 0 rings (SSSR count). The van der Waals surface area contributed by atoms with E-state index in [-0.39, 0.29) is 32.1 Å². The van der Waals surface area contributed by atoms with E-state index in [1.54, 1.807) is 0 Å². The summed E-state index contributed by atoms with van der Waals surface area (Å²) in [5.74, 6) is -0.520. The first-order valence-electron chi connectivity index (χ1n) is 25.3. The van der Waals surface area contributed by atoms with Crippen LogP contribution in [-0.4, -0.2) is 54.3 Å². The minimum Gasteiger partial charge on any atom is -0.463 e. The number of rotatable bonds is 48. The fraction of sp³-hybridized carbons (Fsp3) is 0.880. The standard InChI is InChI=1S/C50H96NO8P/c1-3-5-7-9-11-13-15-17-19-20-21-22-23-24-25-26-27-29-31-33-35-37-39-41-43-50(54)57-46-48(52)47-59-60(55,56)58-45-44-51-49(53)42-40-38-36-34-32-30-28-18-16-14-12-10-8-6-4-2/h12,14,18,28,48,52H,3-11,13,15-17,19-27,29-47H2,1-2H3,(H,51,53)(H,55,56)/b14-12-,28-18-. The highest BCUT2D eigenvalue weighted by Gasteiger charge is 2.23. The number of nitrogens with one attached hydrogen (secondary N) is 1. The normalized spacial score (nSPS) is 13.3. The van der Waals surface area contributed by atoms with E-state index >= 15 is 0 Å². The molecule has 0 saturated heterocycles. The Morgan fingerprint density at radius 3 is 1.37 bits per heavy atom. The van der Waals surface area contributed by atoms with Gasteiger partial charge in [-0.05, 0) is 44.9 Å². The van der Waals surface area contributed by atoms with Crippen LogP contribution in [0.1, 0.15) is 251 Å². The maximum atomic E-state index is 12.1. The van der Waals surface area contributed by atoms with Crippen molar-refractivity contribution in [3.63, 3.8) is 0 Å². The zero-order valence-corrected chi connectivity index (χ0v) is 40.1. The summed E-state index contributed by atoms with van der Waals surface area (Å²) >= 11 is 0. The Labute approximate surface area is 370 Å². The number of aliphatic hydroxyl groups excluding tert-OH is 1. The minimum absolute atomic E-state index is 0.0762. The summed E-state index contributed by atoms with van der Waals surface area (Å²) in [4.78, 5) is 34.0. The van der Waals surface area contributed by atoms with Crippen molar-refractivity contribution in [2.75, 3.05) is 26.4 Å². The Morgan fingerprint density at radius 1 is 0.517 bits per heavy atom. The highest BCUT2D eigenvalue weighted by molar-refractivity contribution is 7.47. The maximum Gasteiger partial charge on any atom is 0.472 e. The number of unbranched alkanes of at least 4 members (excludes halogenated alkanes) is 31. The van der Waals surface area contributed by atoms with E-state index < -0.39 is 26.5 Å². The van der Waals surface area contributed by atoms with Gasteiger partial charge in [0.1, 0.15) is 12.7 Å². The first-order chi connectivity index (χ1) is 29.3. The van der Waals surface area contributed by atoms with Crippen molar-refractivity contribution in [1.29, 1.82) is 0 Å². The second-order valence-electron chi connectivity index (χ2n) is 17.1. The van der Waals surface area contributed by atoms with Gasteiger partial charge in [-0.3, -0.25) is 18.6 Å². The van der Waals surface area contributed by atoms with Crippen molar-refractivity contribution in [2.24, 2.45) is 0 Å². The fourth-order valence-electron chi connectivity index (χ4n) is 7.30. The topological polar surface area (TPSA) is 131 Å². The number of hydrogen-bond acceptors (Lipinski definition) is 7. The monoisotopic (exact) mass is 870 g/mol. The van der Waals surface area contributed by atoms with Crippen LogP contribution in [0.4, 0.5) is 0 Å². The molecule has 10 heteroatoms. The number of aliphatic hydroxyl groups is 1. The first kappa shape index (κ1) is 58.5. The molecule has 0 fully saturated rings. The van der Waals surface area contributed by atoms with Gasteiger partial charge < -0.3 is 20.1 Å². The molecule has 354 valence electrons. The van der Waals surface area contributed by atoms with Gasteiger partial charge in [0, 0.05) is 19.4 Å². The summed E-state index contributed by atoms with van der Waals surface area (Å²) in [6, 6.07) is 0. The maximum absolute atomic E-state index is 12.1. The van der Waals surface area contributed by atoms with Crippen LogP contribution in [0.3, 0.4) is 0 Å². The molecular weight excluding hydrogens is 774 g/mol. The molecule has 0 bridgehead atoms. The fourth-order valence-corrected chi connectivity index (χ4v) is 8.05. The molecule has 60 heavy (non-hydrogen) atoms. The molecule has 2 unspecified atom stereocenters. The average Bonchev–Trinajstić information content (AvgIpc) is 3.23. The number of amides is 1. The Hall–Kier alpha value is -1.51. The molecule has 2 atom stereocenters. The van der Waals surface area contributed by atoms with Gasteiger partial charge in [-0.15, -0.1) is 0 Å². The van der Waals surface area contributed by atoms with Gasteiger partial charge in [0.2, 0.25) is 5.91 Å². The van der Waals surface area contributed by atoms with E-state index in [0.29, 0.717) is 6.42 Å². The molecule has 3 N–H and O–H groups in total. The van der Waals surface area contributed by atoms with Crippen LogP contribution < -0.4 is 5.32 Å². The number of carbonyl (C=O) groups is 2. The number of phosphoric ester groups is 1. The summed E-state index contributed by atoms with van der Waals surface area (Å²) in [7, 11) is -4.42. The van der Waals surface area contributed by atoms with E-state index in [0.717, 1.165) is 64.2 Å². The Bertz CT molecular complexity index is 1040. The van der Waals surface area contributed by atoms with Gasteiger partial charge in [0.15, 0.2) is 0 Å². The van der Waals surface area contributed by atoms with Crippen LogP contribution in [-0.2, 0) is 27.9 Å². The number of carbonyl (C=O) groups excluding carboxylic acids is 2. The SMILES string of the molecule is CCCCC/C=C\C/C=C\CCCCCCCC(=O)NCCOP(=O)(O)OCC(O)COC(=O)CCCCCCCCCCCCCCCCCCCCCCCCCC. The Morgan fingerprint density at radius 2 is 0.900 bits per heavy atom. The molecule has 0 spiro atoms. The van der Waals surface area contributed by atoms with Crippen molar-refractivity contribution >= 4 is 19.7 Å². The van der Waals surface area contributed by atoms with Crippen molar-refractivity contribution < 1.29 is 37.9 Å². The molecule has 0 heterocycles. The number of phosphoric acid groups is 1. The number of hydrogen-bond donors (Lipinski definition) is 3. The van der Waals surface area contributed by atoms with Gasteiger partial charge in [-0.25, -0.2) is 4.57 Å². The predicted molar refractivity (Wildman–Crippen MR) is 252 cm³/mol. The summed E-state index contributed by atoms with van der Waals surface area (Å²) in [5.41, 5.74) is 0. The Kier molecular flexibility index (Phi) is 45.8. The first-order valence-corrected chi connectivity index (χ1v) is 26.8. The molecule has 0 aromatic rings. The van der Waals surface area contributed by atoms with Gasteiger partial charge in [0.25, 0.3) is 0 Å². The van der Waals surface area contributed by atoms with Crippen molar-refractivity contribution in [1.82, 2.24) is 5.32 Å². The highest BCUT2D eigenvalue weighted by Crippen LogP contribution is 2.42. The third-order valence-corrected chi connectivity index (χ3v) is 12.1. The van der Waals surface area contributed by atoms with Crippen molar-refractivity contribution in [3.8, 4) is 0 Å². The highest BCUT2D eigenvalue weighted by atomic mass is 31.2. The third kappa shape index (κ3) is 47.5. The molecule has 0 aromatic carbocycles.